The molecule has 2 amide bonds. The molecule has 2 aliphatic heterocycles. The normalized spacial score (nSPS) is 20.5. The number of nitrogens with zero attached hydrogens (tertiary/aromatic N) is 3. The second kappa shape index (κ2) is 10.4. The molecule has 168 valence electrons. The van der Waals surface area contributed by atoms with Crippen LogP contribution in [-0.4, -0.2) is 100 Å². The maximum absolute atomic E-state index is 12.6. The molecule has 0 bridgehead atoms. The smallest absolute Gasteiger partial charge is 0.321 e. The Hall–Kier alpha value is -1.88. The topological polar surface area (TPSA) is 91.4 Å². The third-order valence-electron chi connectivity index (χ3n) is 5.58. The van der Waals surface area contributed by atoms with Crippen LogP contribution in [0.4, 0.5) is 10.5 Å². The van der Waals surface area contributed by atoms with E-state index in [-0.39, 0.29) is 12.1 Å². The van der Waals surface area contributed by atoms with Crippen molar-refractivity contribution >= 4 is 21.7 Å². The molecule has 1 aromatic rings. The SMILES string of the molecule is COc1ccc(NC(=O)N2CCC(N(CCCN3CCOCC3)S(C)(=O)=O)C2)cc1. The highest BCUT2D eigenvalue weighted by Gasteiger charge is 2.34. The van der Waals surface area contributed by atoms with E-state index in [2.05, 4.69) is 10.2 Å². The Morgan fingerprint density at radius 2 is 1.93 bits per heavy atom. The van der Waals surface area contributed by atoms with Crippen LogP contribution in [0.2, 0.25) is 0 Å². The second-order valence-corrected chi connectivity index (χ2v) is 9.66. The van der Waals surface area contributed by atoms with Crippen LogP contribution in [0.3, 0.4) is 0 Å². The molecule has 2 aliphatic rings. The van der Waals surface area contributed by atoms with Gasteiger partial charge in [0.15, 0.2) is 0 Å². The Morgan fingerprint density at radius 3 is 2.57 bits per heavy atom. The molecule has 30 heavy (non-hydrogen) atoms. The first-order valence-corrected chi connectivity index (χ1v) is 12.2. The van der Waals surface area contributed by atoms with E-state index in [1.807, 2.05) is 0 Å². The number of carbonyl (C=O) groups excluding carboxylic acids is 1. The van der Waals surface area contributed by atoms with Crippen molar-refractivity contribution in [3.63, 3.8) is 0 Å². The summed E-state index contributed by atoms with van der Waals surface area (Å²) in [6, 6.07) is 6.71. The standard InChI is InChI=1S/C20H32N4O5S/c1-28-19-6-4-17(5-7-19)21-20(25)23-11-8-18(16-23)24(30(2,26)27)10-3-9-22-12-14-29-15-13-22/h4-7,18H,3,8-16H2,1-2H3,(H,21,25). The van der Waals surface area contributed by atoms with Crippen LogP contribution in [0.5, 0.6) is 5.75 Å². The minimum Gasteiger partial charge on any atom is -0.497 e. The van der Waals surface area contributed by atoms with Crippen LogP contribution in [0.25, 0.3) is 0 Å². The van der Waals surface area contributed by atoms with Crippen LogP contribution in [-0.2, 0) is 14.8 Å². The van der Waals surface area contributed by atoms with E-state index in [1.165, 1.54) is 6.26 Å². The third-order valence-corrected chi connectivity index (χ3v) is 6.91. The summed E-state index contributed by atoms with van der Waals surface area (Å²) in [5.41, 5.74) is 0.676. The summed E-state index contributed by atoms with van der Waals surface area (Å²) >= 11 is 0. The van der Waals surface area contributed by atoms with Crippen LogP contribution in [0, 0.1) is 0 Å². The number of ether oxygens (including phenoxy) is 2. The van der Waals surface area contributed by atoms with Crippen LogP contribution in [0.1, 0.15) is 12.8 Å². The van der Waals surface area contributed by atoms with Gasteiger partial charge >= 0.3 is 6.03 Å². The van der Waals surface area contributed by atoms with Crippen LogP contribution in [0.15, 0.2) is 24.3 Å². The third kappa shape index (κ3) is 6.31. The Kier molecular flexibility index (Phi) is 7.93. The number of rotatable bonds is 8. The number of sulfonamides is 1. The predicted molar refractivity (Wildman–Crippen MR) is 115 cm³/mol. The number of methoxy groups -OCH3 is 1. The van der Waals surface area contributed by atoms with Gasteiger partial charge in [0.05, 0.1) is 26.6 Å². The number of nitrogens with one attached hydrogen (secondary N) is 1. The first-order valence-electron chi connectivity index (χ1n) is 10.3. The molecule has 1 N–H and O–H groups in total. The molecule has 1 atom stereocenters. The number of carbonyl (C=O) groups is 1. The van der Waals surface area contributed by atoms with Gasteiger partial charge in [-0.2, -0.15) is 4.31 Å². The highest BCUT2D eigenvalue weighted by atomic mass is 32.2. The summed E-state index contributed by atoms with van der Waals surface area (Å²) in [5.74, 6) is 0.718. The van der Waals surface area contributed by atoms with E-state index < -0.39 is 10.0 Å². The number of likely N-dealkylation sites (tertiary alicyclic amines) is 1. The average Bonchev–Trinajstić information content (AvgIpc) is 3.21. The summed E-state index contributed by atoms with van der Waals surface area (Å²) in [6.07, 6.45) is 2.66. The molecule has 2 saturated heterocycles. The van der Waals surface area contributed by atoms with Gasteiger partial charge in [-0.1, -0.05) is 0 Å². The van der Waals surface area contributed by atoms with E-state index in [9.17, 15) is 13.2 Å². The van der Waals surface area contributed by atoms with Crippen molar-refractivity contribution in [3.05, 3.63) is 24.3 Å². The Balaban J connectivity index is 1.52. The first-order chi connectivity index (χ1) is 14.4. The highest BCUT2D eigenvalue weighted by Crippen LogP contribution is 2.21. The molecule has 10 heteroatoms. The van der Waals surface area contributed by atoms with Gasteiger partial charge < -0.3 is 19.7 Å². The van der Waals surface area contributed by atoms with Gasteiger partial charge in [0.25, 0.3) is 0 Å². The molecule has 0 aliphatic carbocycles. The molecule has 1 unspecified atom stereocenters. The largest absolute Gasteiger partial charge is 0.497 e. The molecule has 2 fully saturated rings. The minimum atomic E-state index is -3.35. The van der Waals surface area contributed by atoms with Gasteiger partial charge in [-0.3, -0.25) is 4.90 Å². The zero-order chi connectivity index (χ0) is 21.6. The molecule has 2 heterocycles. The Bertz CT molecular complexity index is 796. The fourth-order valence-corrected chi connectivity index (χ4v) is 5.11. The molecule has 0 aromatic heterocycles. The quantitative estimate of drug-likeness (QED) is 0.655. The molecular formula is C20H32N4O5S. The number of hydrogen-bond acceptors (Lipinski definition) is 6. The molecule has 1 aromatic carbocycles. The lowest BCUT2D eigenvalue weighted by atomic mass is 10.2. The summed E-state index contributed by atoms with van der Waals surface area (Å²) in [4.78, 5) is 16.6. The fourth-order valence-electron chi connectivity index (χ4n) is 3.93. The number of anilines is 1. The van der Waals surface area contributed by atoms with Crippen molar-refractivity contribution in [1.82, 2.24) is 14.1 Å². The van der Waals surface area contributed by atoms with E-state index in [0.717, 1.165) is 45.0 Å². The van der Waals surface area contributed by atoms with Crippen molar-refractivity contribution in [2.75, 3.05) is 71.2 Å². The average molecular weight is 441 g/mol. The highest BCUT2D eigenvalue weighted by molar-refractivity contribution is 7.88. The number of benzene rings is 1. The molecule has 0 spiro atoms. The van der Waals surface area contributed by atoms with Crippen LogP contribution >= 0.6 is 0 Å². The molecule has 3 rings (SSSR count). The lowest BCUT2D eigenvalue weighted by Gasteiger charge is -2.30. The van der Waals surface area contributed by atoms with Gasteiger partial charge in [0.1, 0.15) is 5.75 Å². The van der Waals surface area contributed by atoms with Crippen molar-refractivity contribution in [2.24, 2.45) is 0 Å². The van der Waals surface area contributed by atoms with Gasteiger partial charge in [-0.05, 0) is 43.7 Å². The monoisotopic (exact) mass is 440 g/mol. The lowest BCUT2D eigenvalue weighted by molar-refractivity contribution is 0.0366. The minimum absolute atomic E-state index is 0.189. The predicted octanol–water partition coefficient (Wildman–Crippen LogP) is 1.29. The van der Waals surface area contributed by atoms with Crippen LogP contribution < -0.4 is 10.1 Å². The van der Waals surface area contributed by atoms with Gasteiger partial charge in [0, 0.05) is 44.5 Å². The van der Waals surface area contributed by atoms with E-state index >= 15 is 0 Å². The number of morpholine rings is 1. The summed E-state index contributed by atoms with van der Waals surface area (Å²) in [7, 11) is -1.76. The Labute approximate surface area is 179 Å². The summed E-state index contributed by atoms with van der Waals surface area (Å²) in [6.45, 7) is 5.49. The van der Waals surface area contributed by atoms with Gasteiger partial charge in [-0.25, -0.2) is 13.2 Å². The fraction of sp³-hybridized carbons (Fsp3) is 0.650. The lowest BCUT2D eigenvalue weighted by Crippen LogP contribution is -2.44. The van der Waals surface area contributed by atoms with Crippen molar-refractivity contribution in [1.29, 1.82) is 0 Å². The van der Waals surface area contributed by atoms with E-state index in [0.29, 0.717) is 31.7 Å². The zero-order valence-corrected chi connectivity index (χ0v) is 18.6. The van der Waals surface area contributed by atoms with Crippen molar-refractivity contribution < 1.29 is 22.7 Å². The van der Waals surface area contributed by atoms with Gasteiger partial charge in [-0.15, -0.1) is 0 Å². The van der Waals surface area contributed by atoms with E-state index in [4.69, 9.17) is 9.47 Å². The van der Waals surface area contributed by atoms with E-state index in [1.54, 1.807) is 40.6 Å². The molecule has 0 radical (unpaired) electrons. The molecule has 9 nitrogen and oxygen atoms in total. The maximum atomic E-state index is 12.6. The summed E-state index contributed by atoms with van der Waals surface area (Å²) < 4.78 is 36.8. The maximum Gasteiger partial charge on any atom is 0.321 e. The molecular weight excluding hydrogens is 408 g/mol. The number of urea groups is 1. The molecule has 0 saturated carbocycles. The first kappa shape index (κ1) is 22.8. The number of hydrogen-bond donors (Lipinski definition) is 1. The zero-order valence-electron chi connectivity index (χ0n) is 17.7. The van der Waals surface area contributed by atoms with Gasteiger partial charge in [0.2, 0.25) is 10.0 Å². The summed E-state index contributed by atoms with van der Waals surface area (Å²) in [5, 5.41) is 2.86. The number of amides is 2. The second-order valence-electron chi connectivity index (χ2n) is 7.73. The Morgan fingerprint density at radius 1 is 1.23 bits per heavy atom. The van der Waals surface area contributed by atoms with Crippen molar-refractivity contribution in [3.8, 4) is 5.75 Å². The van der Waals surface area contributed by atoms with Crippen molar-refractivity contribution in [2.45, 2.75) is 18.9 Å².